The van der Waals surface area contributed by atoms with Gasteiger partial charge in [-0.05, 0) is 60.0 Å². The summed E-state index contributed by atoms with van der Waals surface area (Å²) in [5.41, 5.74) is 1.49. The van der Waals surface area contributed by atoms with Gasteiger partial charge in [0, 0.05) is 11.6 Å². The number of halogens is 2. The molecule has 0 saturated carbocycles. The summed E-state index contributed by atoms with van der Waals surface area (Å²) in [5, 5.41) is 0.560. The van der Waals surface area contributed by atoms with Crippen LogP contribution in [0.3, 0.4) is 0 Å². The topological polar surface area (TPSA) is 69.0 Å². The van der Waals surface area contributed by atoms with Gasteiger partial charge in [0.05, 0.1) is 31.2 Å². The van der Waals surface area contributed by atoms with Crippen molar-refractivity contribution in [1.29, 1.82) is 0 Å². The summed E-state index contributed by atoms with van der Waals surface area (Å²) < 4.78 is 30.5. The highest BCUT2D eigenvalue weighted by atomic mass is 35.5. The van der Waals surface area contributed by atoms with Crippen LogP contribution in [0.1, 0.15) is 33.3 Å². The minimum Gasteiger partial charge on any atom is -0.493 e. The van der Waals surface area contributed by atoms with E-state index in [1.807, 2.05) is 12.1 Å². The molecule has 0 fully saturated rings. The molecule has 0 bridgehead atoms. The van der Waals surface area contributed by atoms with Gasteiger partial charge in [0.25, 0.3) is 5.91 Å². The van der Waals surface area contributed by atoms with Gasteiger partial charge >= 0.3 is 0 Å². The number of hydrogen-bond acceptors (Lipinski definition) is 5. The monoisotopic (exact) mass is 493 g/mol. The van der Waals surface area contributed by atoms with Crippen LogP contribution in [0.15, 0.2) is 69.9 Å². The molecule has 1 aliphatic heterocycles. The van der Waals surface area contributed by atoms with Crippen LogP contribution < -0.4 is 14.9 Å². The van der Waals surface area contributed by atoms with Crippen molar-refractivity contribution in [2.45, 2.75) is 12.5 Å². The van der Waals surface area contributed by atoms with Crippen molar-refractivity contribution in [3.05, 3.63) is 104 Å². The fraction of sp³-hybridized carbons (Fsp3) is 0.185. The van der Waals surface area contributed by atoms with Crippen LogP contribution in [0, 0.1) is 5.82 Å². The summed E-state index contributed by atoms with van der Waals surface area (Å²) in [6.45, 7) is 0.292. The first-order chi connectivity index (χ1) is 16.9. The number of fused-ring (bicyclic) bond motifs is 2. The van der Waals surface area contributed by atoms with Crippen LogP contribution in [0.2, 0.25) is 5.02 Å². The molecule has 1 aromatic heterocycles. The van der Waals surface area contributed by atoms with Crippen molar-refractivity contribution >= 4 is 28.5 Å². The molecule has 0 N–H and O–H groups in total. The second-order valence-corrected chi connectivity index (χ2v) is 8.65. The number of carbonyl (C=O) groups excluding carboxylic acids is 1. The lowest BCUT2D eigenvalue weighted by Crippen LogP contribution is -2.31. The zero-order chi connectivity index (χ0) is 24.7. The maximum absolute atomic E-state index is 13.9. The van der Waals surface area contributed by atoms with E-state index in [1.54, 1.807) is 49.5 Å². The number of rotatable bonds is 6. The molecule has 1 atom stereocenters. The van der Waals surface area contributed by atoms with Gasteiger partial charge < -0.3 is 18.8 Å². The van der Waals surface area contributed by atoms with Crippen LogP contribution in [0.4, 0.5) is 4.39 Å². The molecule has 35 heavy (non-hydrogen) atoms. The molecule has 0 spiro atoms. The Morgan fingerprint density at radius 1 is 1.00 bits per heavy atom. The van der Waals surface area contributed by atoms with Crippen molar-refractivity contribution in [2.75, 3.05) is 20.8 Å². The Bertz CT molecular complexity index is 1520. The summed E-state index contributed by atoms with van der Waals surface area (Å²) >= 11 is 6.24. The molecule has 0 saturated heterocycles. The lowest BCUT2D eigenvalue weighted by Gasteiger charge is -2.25. The van der Waals surface area contributed by atoms with Gasteiger partial charge in [0.2, 0.25) is 5.76 Å². The molecule has 6 nitrogen and oxygen atoms in total. The average molecular weight is 494 g/mol. The summed E-state index contributed by atoms with van der Waals surface area (Å²) in [7, 11) is 3.12. The minimum atomic E-state index is -0.722. The Labute approximate surface area is 205 Å². The predicted molar refractivity (Wildman–Crippen MR) is 130 cm³/mol. The number of nitrogens with zero attached hydrogens (tertiary/aromatic N) is 1. The summed E-state index contributed by atoms with van der Waals surface area (Å²) in [6.07, 6.45) is 0.486. The van der Waals surface area contributed by atoms with Gasteiger partial charge in [-0.1, -0.05) is 29.8 Å². The number of hydrogen-bond donors (Lipinski definition) is 0. The zero-order valence-corrected chi connectivity index (χ0v) is 19.8. The highest BCUT2D eigenvalue weighted by Crippen LogP contribution is 2.39. The average Bonchev–Trinajstić information content (AvgIpc) is 3.14. The predicted octanol–water partition coefficient (Wildman–Crippen LogP) is 5.39. The Balaban J connectivity index is 1.59. The highest BCUT2D eigenvalue weighted by molar-refractivity contribution is 6.30. The fourth-order valence-corrected chi connectivity index (χ4v) is 4.73. The quantitative estimate of drug-likeness (QED) is 0.360. The van der Waals surface area contributed by atoms with Crippen molar-refractivity contribution < 1.29 is 23.1 Å². The molecule has 0 radical (unpaired) electrons. The normalized spacial score (nSPS) is 14.9. The lowest BCUT2D eigenvalue weighted by molar-refractivity contribution is 0.0730. The third kappa shape index (κ3) is 4.02. The molecule has 8 heteroatoms. The van der Waals surface area contributed by atoms with E-state index in [-0.39, 0.29) is 22.3 Å². The Hall–Kier alpha value is -3.84. The van der Waals surface area contributed by atoms with E-state index in [2.05, 4.69) is 0 Å². The molecular weight excluding hydrogens is 473 g/mol. The zero-order valence-electron chi connectivity index (χ0n) is 19.0. The van der Waals surface area contributed by atoms with E-state index < -0.39 is 23.2 Å². The van der Waals surface area contributed by atoms with E-state index >= 15 is 0 Å². The third-order valence-electron chi connectivity index (χ3n) is 6.18. The molecule has 2 heterocycles. The molecule has 3 aromatic carbocycles. The van der Waals surface area contributed by atoms with Crippen LogP contribution in [-0.4, -0.2) is 31.6 Å². The van der Waals surface area contributed by atoms with E-state index in [9.17, 15) is 14.0 Å². The lowest BCUT2D eigenvalue weighted by atomic mass is 9.98. The van der Waals surface area contributed by atoms with Crippen molar-refractivity contribution in [3.63, 3.8) is 0 Å². The van der Waals surface area contributed by atoms with Crippen molar-refractivity contribution in [3.8, 4) is 11.5 Å². The van der Waals surface area contributed by atoms with Crippen LogP contribution >= 0.6 is 11.6 Å². The minimum absolute atomic E-state index is 0.0357. The number of carbonyl (C=O) groups is 1. The number of ether oxygens (including phenoxy) is 2. The van der Waals surface area contributed by atoms with Crippen LogP contribution in [0.5, 0.6) is 11.5 Å². The van der Waals surface area contributed by atoms with Gasteiger partial charge in [-0.25, -0.2) is 4.39 Å². The summed E-state index contributed by atoms with van der Waals surface area (Å²) in [4.78, 5) is 28.6. The largest absolute Gasteiger partial charge is 0.493 e. The van der Waals surface area contributed by atoms with Gasteiger partial charge in [-0.3, -0.25) is 9.59 Å². The molecule has 5 rings (SSSR count). The van der Waals surface area contributed by atoms with Gasteiger partial charge in [0.15, 0.2) is 16.9 Å². The highest BCUT2D eigenvalue weighted by Gasteiger charge is 2.42. The van der Waals surface area contributed by atoms with Crippen molar-refractivity contribution in [2.24, 2.45) is 0 Å². The maximum atomic E-state index is 13.9. The SMILES string of the molecule is COc1ccc(CCN2C(=O)c3oc4ccc(F)cc4c(=O)c3[C@@H]2c2cccc(Cl)c2)cc1OC. The van der Waals surface area contributed by atoms with Crippen molar-refractivity contribution in [1.82, 2.24) is 4.90 Å². The first-order valence-electron chi connectivity index (χ1n) is 10.9. The Kier molecular flexibility index (Phi) is 5.94. The number of methoxy groups -OCH3 is 2. The van der Waals surface area contributed by atoms with E-state index in [0.29, 0.717) is 35.1 Å². The van der Waals surface area contributed by atoms with Gasteiger partial charge in [-0.15, -0.1) is 0 Å². The molecular formula is C27H21ClFNO5. The number of benzene rings is 3. The molecule has 1 aliphatic rings. The second-order valence-electron chi connectivity index (χ2n) is 8.21. The second kappa shape index (κ2) is 9.07. The first kappa shape index (κ1) is 22.9. The van der Waals surface area contributed by atoms with Gasteiger partial charge in [0.1, 0.15) is 11.4 Å². The summed E-state index contributed by atoms with van der Waals surface area (Å²) in [5.74, 6) is 0.183. The summed E-state index contributed by atoms with van der Waals surface area (Å²) in [6, 6.07) is 15.5. The maximum Gasteiger partial charge on any atom is 0.290 e. The number of amides is 1. The van der Waals surface area contributed by atoms with E-state index in [4.69, 9.17) is 25.5 Å². The molecule has 0 unspecified atom stereocenters. The molecule has 1 amide bonds. The first-order valence-corrected chi connectivity index (χ1v) is 11.3. The molecule has 0 aliphatic carbocycles. The van der Waals surface area contributed by atoms with E-state index in [1.165, 1.54) is 12.1 Å². The Morgan fingerprint density at radius 3 is 2.54 bits per heavy atom. The fourth-order valence-electron chi connectivity index (χ4n) is 4.53. The standard InChI is InChI=1S/C27H21ClFNO5/c1-33-21-8-6-15(12-22(21)34-2)10-11-30-24(16-4-3-5-17(28)13-16)23-25(31)19-14-18(29)7-9-20(19)35-26(23)27(30)32/h3-9,12-14,24H,10-11H2,1-2H3/t24-/m0/s1. The smallest absolute Gasteiger partial charge is 0.290 e. The molecule has 178 valence electrons. The third-order valence-corrected chi connectivity index (χ3v) is 6.42. The van der Waals surface area contributed by atoms with Crippen LogP contribution in [-0.2, 0) is 6.42 Å². The van der Waals surface area contributed by atoms with E-state index in [0.717, 1.165) is 11.6 Å². The molecule has 4 aromatic rings. The van der Waals surface area contributed by atoms with Gasteiger partial charge in [-0.2, -0.15) is 0 Å². The Morgan fingerprint density at radius 2 is 1.80 bits per heavy atom. The van der Waals surface area contributed by atoms with Crippen LogP contribution in [0.25, 0.3) is 11.0 Å².